The van der Waals surface area contributed by atoms with Gasteiger partial charge < -0.3 is 4.90 Å². The van der Waals surface area contributed by atoms with Gasteiger partial charge in [0, 0.05) is 12.1 Å². The van der Waals surface area contributed by atoms with Crippen LogP contribution in [0.15, 0.2) is 18.2 Å². The van der Waals surface area contributed by atoms with Crippen LogP contribution in [0.3, 0.4) is 0 Å². The maximum Gasteiger partial charge on any atom is 0.216 e. The standard InChI is InChI=1S/C18H27NOS/c1-18(2,3)15-7-8-16(17(20)21)14(13-15)9-12-19-10-5-4-6-11-19/h7-8,13H,4-6,9-12H2,1-3H3,(H,20,21). The number of carbonyl (C=O) groups is 1. The van der Waals surface area contributed by atoms with Crippen molar-refractivity contribution in [2.24, 2.45) is 0 Å². The second-order valence-electron chi connectivity index (χ2n) is 7.08. The summed E-state index contributed by atoms with van der Waals surface area (Å²) in [7, 11) is 0. The summed E-state index contributed by atoms with van der Waals surface area (Å²) in [5.41, 5.74) is 3.31. The molecule has 0 saturated carbocycles. The van der Waals surface area contributed by atoms with Crippen LogP contribution in [0.25, 0.3) is 0 Å². The predicted octanol–water partition coefficient (Wildman–Crippen LogP) is 4.08. The fourth-order valence-electron chi connectivity index (χ4n) is 2.94. The number of likely N-dealkylation sites (tertiary alicyclic amines) is 1. The fourth-order valence-corrected chi connectivity index (χ4v) is 3.16. The Labute approximate surface area is 134 Å². The van der Waals surface area contributed by atoms with Crippen molar-refractivity contribution in [2.45, 2.75) is 51.9 Å². The Morgan fingerprint density at radius 1 is 1.19 bits per heavy atom. The lowest BCUT2D eigenvalue weighted by atomic mass is 9.85. The highest BCUT2D eigenvalue weighted by Gasteiger charge is 2.18. The number of benzene rings is 1. The van der Waals surface area contributed by atoms with E-state index in [9.17, 15) is 4.79 Å². The molecule has 1 aromatic rings. The van der Waals surface area contributed by atoms with Crippen LogP contribution in [0.2, 0.25) is 0 Å². The molecule has 0 aliphatic carbocycles. The summed E-state index contributed by atoms with van der Waals surface area (Å²) in [6.45, 7) is 10.1. The van der Waals surface area contributed by atoms with Gasteiger partial charge in [0.2, 0.25) is 5.12 Å². The van der Waals surface area contributed by atoms with Crippen LogP contribution >= 0.6 is 12.6 Å². The van der Waals surface area contributed by atoms with E-state index in [2.05, 4.69) is 50.4 Å². The summed E-state index contributed by atoms with van der Waals surface area (Å²) in [5.74, 6) is 0. The molecule has 0 atom stereocenters. The molecule has 0 bridgehead atoms. The molecule has 2 nitrogen and oxygen atoms in total. The lowest BCUT2D eigenvalue weighted by Gasteiger charge is -2.27. The van der Waals surface area contributed by atoms with Crippen LogP contribution in [0, 0.1) is 0 Å². The van der Waals surface area contributed by atoms with E-state index in [1.807, 2.05) is 6.07 Å². The summed E-state index contributed by atoms with van der Waals surface area (Å²) in [4.78, 5) is 14.2. The first-order valence-corrected chi connectivity index (χ1v) is 8.42. The lowest BCUT2D eigenvalue weighted by molar-refractivity contribution is 0.109. The third-order valence-corrected chi connectivity index (χ3v) is 4.59. The van der Waals surface area contributed by atoms with Crippen LogP contribution in [0.5, 0.6) is 0 Å². The molecule has 0 N–H and O–H groups in total. The Balaban J connectivity index is 2.16. The molecule has 1 aliphatic rings. The highest BCUT2D eigenvalue weighted by atomic mass is 32.1. The van der Waals surface area contributed by atoms with Crippen molar-refractivity contribution in [1.82, 2.24) is 4.90 Å². The fraction of sp³-hybridized carbons (Fsp3) is 0.611. The van der Waals surface area contributed by atoms with E-state index in [1.54, 1.807) is 0 Å². The van der Waals surface area contributed by atoms with Crippen molar-refractivity contribution < 1.29 is 4.79 Å². The minimum absolute atomic E-state index is 0.109. The van der Waals surface area contributed by atoms with E-state index in [-0.39, 0.29) is 10.5 Å². The normalized spacial score (nSPS) is 17.0. The van der Waals surface area contributed by atoms with Gasteiger partial charge in [-0.2, -0.15) is 0 Å². The minimum atomic E-state index is -0.121. The van der Waals surface area contributed by atoms with Gasteiger partial charge in [-0.25, -0.2) is 0 Å². The van der Waals surface area contributed by atoms with Gasteiger partial charge >= 0.3 is 0 Å². The Morgan fingerprint density at radius 3 is 2.43 bits per heavy atom. The molecule has 0 radical (unpaired) electrons. The Kier molecular flexibility index (Phi) is 5.50. The molecule has 0 spiro atoms. The number of hydrogen-bond acceptors (Lipinski definition) is 2. The Bertz CT molecular complexity index is 498. The molecule has 1 heterocycles. The van der Waals surface area contributed by atoms with Crippen molar-refractivity contribution in [3.63, 3.8) is 0 Å². The third-order valence-electron chi connectivity index (χ3n) is 4.35. The molecule has 1 aromatic carbocycles. The van der Waals surface area contributed by atoms with E-state index >= 15 is 0 Å². The van der Waals surface area contributed by atoms with Crippen LogP contribution in [-0.4, -0.2) is 29.6 Å². The summed E-state index contributed by atoms with van der Waals surface area (Å²) in [6, 6.07) is 6.21. The molecule has 21 heavy (non-hydrogen) atoms. The topological polar surface area (TPSA) is 20.3 Å². The SMILES string of the molecule is CC(C)(C)c1ccc(C(=O)S)c(CCN2CCCCC2)c1. The second kappa shape index (κ2) is 6.97. The van der Waals surface area contributed by atoms with Crippen LogP contribution in [-0.2, 0) is 11.8 Å². The highest BCUT2D eigenvalue weighted by molar-refractivity contribution is 7.97. The Hall–Kier alpha value is -0.800. The zero-order valence-electron chi connectivity index (χ0n) is 13.5. The van der Waals surface area contributed by atoms with Gasteiger partial charge in [-0.1, -0.05) is 39.3 Å². The number of thiol groups is 1. The Morgan fingerprint density at radius 2 is 1.86 bits per heavy atom. The van der Waals surface area contributed by atoms with Crippen LogP contribution < -0.4 is 0 Å². The van der Waals surface area contributed by atoms with Crippen molar-refractivity contribution in [3.05, 3.63) is 34.9 Å². The zero-order chi connectivity index (χ0) is 15.5. The first kappa shape index (κ1) is 16.6. The number of piperidine rings is 1. The molecule has 1 aliphatic heterocycles. The van der Waals surface area contributed by atoms with Crippen molar-refractivity contribution in [3.8, 4) is 0 Å². The van der Waals surface area contributed by atoms with Crippen LogP contribution in [0.4, 0.5) is 0 Å². The first-order chi connectivity index (χ1) is 9.88. The number of hydrogen-bond donors (Lipinski definition) is 1. The van der Waals surface area contributed by atoms with Crippen LogP contribution in [0.1, 0.15) is 61.5 Å². The number of carbonyl (C=O) groups excluding carboxylic acids is 1. The summed E-state index contributed by atoms with van der Waals surface area (Å²) < 4.78 is 0. The molecular weight excluding hydrogens is 278 g/mol. The summed E-state index contributed by atoms with van der Waals surface area (Å²) >= 11 is 4.03. The number of rotatable bonds is 4. The summed E-state index contributed by atoms with van der Waals surface area (Å²) in [6.07, 6.45) is 4.91. The minimum Gasteiger partial charge on any atom is -0.303 e. The zero-order valence-corrected chi connectivity index (χ0v) is 14.4. The monoisotopic (exact) mass is 305 g/mol. The quantitative estimate of drug-likeness (QED) is 0.846. The van der Waals surface area contributed by atoms with E-state index < -0.39 is 0 Å². The molecule has 3 heteroatoms. The average Bonchev–Trinajstić information content (AvgIpc) is 2.45. The van der Waals surface area contributed by atoms with Crippen molar-refractivity contribution in [2.75, 3.05) is 19.6 Å². The summed E-state index contributed by atoms with van der Waals surface area (Å²) in [5, 5.41) is -0.121. The van der Waals surface area contributed by atoms with Gasteiger partial charge in [-0.15, -0.1) is 12.6 Å². The largest absolute Gasteiger partial charge is 0.303 e. The van der Waals surface area contributed by atoms with Gasteiger partial charge in [0.15, 0.2) is 0 Å². The maximum atomic E-state index is 11.7. The molecule has 116 valence electrons. The maximum absolute atomic E-state index is 11.7. The molecule has 0 amide bonds. The van der Waals surface area contributed by atoms with E-state index in [0.29, 0.717) is 0 Å². The van der Waals surface area contributed by atoms with Gasteiger partial charge in [-0.3, -0.25) is 4.79 Å². The molecule has 1 saturated heterocycles. The molecule has 1 fully saturated rings. The molecule has 0 aromatic heterocycles. The first-order valence-electron chi connectivity index (χ1n) is 7.97. The molecule has 0 unspecified atom stereocenters. The van der Waals surface area contributed by atoms with Gasteiger partial charge in [-0.05, 0) is 55.0 Å². The molecule has 2 rings (SSSR count). The smallest absolute Gasteiger partial charge is 0.216 e. The number of nitrogens with zero attached hydrogens (tertiary/aromatic N) is 1. The van der Waals surface area contributed by atoms with Gasteiger partial charge in [0.1, 0.15) is 0 Å². The van der Waals surface area contributed by atoms with E-state index in [4.69, 9.17) is 0 Å². The predicted molar refractivity (Wildman–Crippen MR) is 92.5 cm³/mol. The van der Waals surface area contributed by atoms with Crippen molar-refractivity contribution >= 4 is 17.7 Å². The third kappa shape index (κ3) is 4.58. The highest BCUT2D eigenvalue weighted by Crippen LogP contribution is 2.26. The average molecular weight is 305 g/mol. The molecular formula is C18H27NOS. The van der Waals surface area contributed by atoms with Crippen molar-refractivity contribution in [1.29, 1.82) is 0 Å². The lowest BCUT2D eigenvalue weighted by Crippen LogP contribution is -2.31. The second-order valence-corrected chi connectivity index (χ2v) is 7.49. The van der Waals surface area contributed by atoms with Gasteiger partial charge in [0.25, 0.3) is 0 Å². The van der Waals surface area contributed by atoms with E-state index in [0.717, 1.165) is 24.1 Å². The van der Waals surface area contributed by atoms with Gasteiger partial charge in [0.05, 0.1) is 0 Å². The van der Waals surface area contributed by atoms with E-state index in [1.165, 1.54) is 37.9 Å².